The maximum Gasteiger partial charge on any atom is 0.416 e. The number of piperidine rings is 2. The number of carbonyl (C=O) groups excluding carboxylic acids is 1. The Balaban J connectivity index is 1.04. The Hall–Kier alpha value is -3.67. The Bertz CT molecular complexity index is 1370. The zero-order valence-electron chi connectivity index (χ0n) is 23.7. The molecule has 2 saturated heterocycles. The Labute approximate surface area is 245 Å². The molecule has 3 aromatic carbocycles. The lowest BCUT2D eigenvalue weighted by Crippen LogP contribution is -2.37. The van der Waals surface area contributed by atoms with Crippen LogP contribution in [0, 0.1) is 12.5 Å². The van der Waals surface area contributed by atoms with Crippen LogP contribution < -0.4 is 4.74 Å². The van der Waals surface area contributed by atoms with Crippen LogP contribution in [0.5, 0.6) is 5.75 Å². The Kier molecular flexibility index (Phi) is 9.61. The molecule has 5 nitrogen and oxygen atoms in total. The standard InChI is InChI=1S/C34H36F3N3O2/c1-38-30-11-7-27(8-12-30)24-39-17-13-25(14-18-39)21-33(41)28-3-2-4-32(22-28)42-31-15-19-40(20-16-31)23-26-5-9-29(10-6-26)34(35,36)37/h2-12,22,25,31H,13-21,23-24H2. The third kappa shape index (κ3) is 8.21. The van der Waals surface area contributed by atoms with Crippen molar-refractivity contribution in [2.24, 2.45) is 5.92 Å². The fourth-order valence-electron chi connectivity index (χ4n) is 5.84. The van der Waals surface area contributed by atoms with Crippen molar-refractivity contribution in [3.63, 3.8) is 0 Å². The molecule has 0 bridgehead atoms. The van der Waals surface area contributed by atoms with Crippen LogP contribution in [0.2, 0.25) is 0 Å². The van der Waals surface area contributed by atoms with Gasteiger partial charge in [0.15, 0.2) is 11.5 Å². The summed E-state index contributed by atoms with van der Waals surface area (Å²) in [4.78, 5) is 21.2. The van der Waals surface area contributed by atoms with Gasteiger partial charge in [-0.05, 0) is 80.1 Å². The molecule has 2 heterocycles. The minimum absolute atomic E-state index is 0.0427. The highest BCUT2D eigenvalue weighted by Gasteiger charge is 2.30. The molecule has 220 valence electrons. The summed E-state index contributed by atoms with van der Waals surface area (Å²) in [6.07, 6.45) is -0.105. The Morgan fingerprint density at radius 3 is 1.98 bits per heavy atom. The number of rotatable bonds is 9. The summed E-state index contributed by atoms with van der Waals surface area (Å²) in [6, 6.07) is 20.6. The molecule has 3 aromatic rings. The molecule has 0 amide bonds. The van der Waals surface area contributed by atoms with Crippen LogP contribution >= 0.6 is 0 Å². The maximum atomic E-state index is 13.1. The van der Waals surface area contributed by atoms with Crippen LogP contribution in [0.15, 0.2) is 72.8 Å². The van der Waals surface area contributed by atoms with Gasteiger partial charge in [0.25, 0.3) is 0 Å². The SMILES string of the molecule is [C-]#[N+]c1ccc(CN2CCC(CC(=O)c3cccc(OC4CCN(Cc5ccc(C(F)(F)F)cc5)CC4)c3)CC2)cc1. The number of ether oxygens (including phenoxy) is 1. The van der Waals surface area contributed by atoms with E-state index < -0.39 is 11.7 Å². The van der Waals surface area contributed by atoms with Gasteiger partial charge in [0.05, 0.1) is 12.1 Å². The van der Waals surface area contributed by atoms with Crippen LogP contribution in [0.25, 0.3) is 4.85 Å². The van der Waals surface area contributed by atoms with Gasteiger partial charge in [0.1, 0.15) is 11.9 Å². The predicted octanol–water partition coefficient (Wildman–Crippen LogP) is 7.78. The van der Waals surface area contributed by atoms with Crippen LogP contribution in [0.1, 0.15) is 59.2 Å². The van der Waals surface area contributed by atoms with Crippen molar-refractivity contribution in [2.45, 2.75) is 57.5 Å². The van der Waals surface area contributed by atoms with Crippen LogP contribution in [-0.2, 0) is 19.3 Å². The van der Waals surface area contributed by atoms with Gasteiger partial charge in [-0.3, -0.25) is 14.6 Å². The molecule has 2 aliphatic rings. The van der Waals surface area contributed by atoms with Gasteiger partial charge >= 0.3 is 6.18 Å². The number of benzene rings is 3. The van der Waals surface area contributed by atoms with Crippen LogP contribution in [0.4, 0.5) is 18.9 Å². The van der Waals surface area contributed by atoms with Crippen molar-refractivity contribution in [2.75, 3.05) is 26.2 Å². The molecule has 0 aliphatic carbocycles. The predicted molar refractivity (Wildman–Crippen MR) is 156 cm³/mol. The third-order valence-corrected chi connectivity index (χ3v) is 8.33. The Morgan fingerprint density at radius 1 is 0.833 bits per heavy atom. The van der Waals surface area contributed by atoms with Gasteiger partial charge in [0.2, 0.25) is 0 Å². The highest BCUT2D eigenvalue weighted by Crippen LogP contribution is 2.30. The van der Waals surface area contributed by atoms with Crippen molar-refractivity contribution in [1.29, 1.82) is 0 Å². The zero-order chi connectivity index (χ0) is 29.5. The number of Topliss-reactive ketones (excluding diaryl/α,β-unsaturated/α-hetero) is 1. The fourth-order valence-corrected chi connectivity index (χ4v) is 5.84. The van der Waals surface area contributed by atoms with Crippen LogP contribution in [0.3, 0.4) is 0 Å². The second-order valence-electron chi connectivity index (χ2n) is 11.4. The topological polar surface area (TPSA) is 37.1 Å². The number of nitrogens with zero attached hydrogens (tertiary/aromatic N) is 3. The molecule has 5 rings (SSSR count). The maximum absolute atomic E-state index is 13.1. The number of alkyl halides is 3. The minimum Gasteiger partial charge on any atom is -0.490 e. The molecule has 0 atom stereocenters. The molecule has 0 aromatic heterocycles. The van der Waals surface area contributed by atoms with E-state index >= 15 is 0 Å². The second kappa shape index (κ2) is 13.5. The molecule has 8 heteroatoms. The number of hydrogen-bond donors (Lipinski definition) is 0. The summed E-state index contributed by atoms with van der Waals surface area (Å²) < 4.78 is 44.7. The Morgan fingerprint density at radius 2 is 1.40 bits per heavy atom. The molecule has 0 spiro atoms. The largest absolute Gasteiger partial charge is 0.490 e. The number of hydrogen-bond acceptors (Lipinski definition) is 4. The second-order valence-corrected chi connectivity index (χ2v) is 11.4. The van der Waals surface area contributed by atoms with Crippen molar-refractivity contribution < 1.29 is 22.7 Å². The van der Waals surface area contributed by atoms with E-state index in [0.29, 0.717) is 35.9 Å². The molecule has 0 radical (unpaired) electrons. The third-order valence-electron chi connectivity index (χ3n) is 8.33. The molecule has 2 fully saturated rings. The monoisotopic (exact) mass is 575 g/mol. The normalized spacial score (nSPS) is 17.6. The molecule has 0 saturated carbocycles. The molecular weight excluding hydrogens is 539 g/mol. The van der Waals surface area contributed by atoms with Crippen molar-refractivity contribution in [3.8, 4) is 5.75 Å². The quantitative estimate of drug-likeness (QED) is 0.193. The van der Waals surface area contributed by atoms with Gasteiger partial charge in [-0.1, -0.05) is 48.5 Å². The smallest absolute Gasteiger partial charge is 0.416 e. The first kappa shape index (κ1) is 29.8. The van der Waals surface area contributed by atoms with Gasteiger partial charge in [0, 0.05) is 38.2 Å². The highest BCUT2D eigenvalue weighted by atomic mass is 19.4. The van der Waals surface area contributed by atoms with E-state index in [4.69, 9.17) is 11.3 Å². The van der Waals surface area contributed by atoms with Gasteiger partial charge < -0.3 is 4.74 Å². The van der Waals surface area contributed by atoms with Crippen molar-refractivity contribution in [1.82, 2.24) is 9.80 Å². The summed E-state index contributed by atoms with van der Waals surface area (Å²) in [5.74, 6) is 1.23. The summed E-state index contributed by atoms with van der Waals surface area (Å²) in [5, 5.41) is 0. The molecule has 0 unspecified atom stereocenters. The summed E-state index contributed by atoms with van der Waals surface area (Å²) >= 11 is 0. The van der Waals surface area contributed by atoms with E-state index in [1.165, 1.54) is 5.56 Å². The average Bonchev–Trinajstić information content (AvgIpc) is 2.99. The lowest BCUT2D eigenvalue weighted by Gasteiger charge is -2.32. The molecule has 2 aliphatic heterocycles. The number of halogens is 3. The molecular formula is C34H36F3N3O2. The van der Waals surface area contributed by atoms with E-state index in [9.17, 15) is 18.0 Å². The first-order chi connectivity index (χ1) is 20.2. The van der Waals surface area contributed by atoms with Crippen molar-refractivity contribution >= 4 is 11.5 Å². The average molecular weight is 576 g/mol. The van der Waals surface area contributed by atoms with Gasteiger partial charge in [-0.15, -0.1) is 0 Å². The zero-order valence-corrected chi connectivity index (χ0v) is 23.7. The number of ketones is 1. The molecule has 0 N–H and O–H groups in total. The van der Waals surface area contributed by atoms with E-state index in [2.05, 4.69) is 14.6 Å². The molecule has 42 heavy (non-hydrogen) atoms. The highest BCUT2D eigenvalue weighted by molar-refractivity contribution is 5.96. The lowest BCUT2D eigenvalue weighted by molar-refractivity contribution is -0.137. The van der Waals surface area contributed by atoms with E-state index in [0.717, 1.165) is 76.1 Å². The van der Waals surface area contributed by atoms with E-state index in [-0.39, 0.29) is 11.9 Å². The summed E-state index contributed by atoms with van der Waals surface area (Å²) in [5.41, 5.74) is 2.80. The van der Waals surface area contributed by atoms with Crippen molar-refractivity contribution in [3.05, 3.63) is 106 Å². The van der Waals surface area contributed by atoms with Crippen LogP contribution in [-0.4, -0.2) is 47.9 Å². The van der Waals surface area contributed by atoms with Gasteiger partial charge in [-0.25, -0.2) is 4.85 Å². The first-order valence-electron chi connectivity index (χ1n) is 14.6. The lowest BCUT2D eigenvalue weighted by atomic mass is 9.89. The first-order valence-corrected chi connectivity index (χ1v) is 14.6. The van der Waals surface area contributed by atoms with E-state index in [1.807, 2.05) is 48.5 Å². The number of carbonyl (C=O) groups is 1. The summed E-state index contributed by atoms with van der Waals surface area (Å²) in [6.45, 7) is 12.1. The fraction of sp³-hybridized carbons (Fsp3) is 0.412. The minimum atomic E-state index is -4.32. The number of likely N-dealkylation sites (tertiary alicyclic amines) is 2. The summed E-state index contributed by atoms with van der Waals surface area (Å²) in [7, 11) is 0. The van der Waals surface area contributed by atoms with E-state index in [1.54, 1.807) is 12.1 Å². The van der Waals surface area contributed by atoms with Gasteiger partial charge in [-0.2, -0.15) is 13.2 Å².